The molecule has 0 aromatic rings. The minimum absolute atomic E-state index is 0.159. The van der Waals surface area contributed by atoms with Crippen molar-refractivity contribution in [2.45, 2.75) is 47.0 Å². The molecule has 0 aliphatic rings. The summed E-state index contributed by atoms with van der Waals surface area (Å²) in [5.41, 5.74) is -0.329. The van der Waals surface area contributed by atoms with E-state index in [0.717, 1.165) is 0 Å². The van der Waals surface area contributed by atoms with E-state index in [1.807, 2.05) is 20.8 Å². The van der Waals surface area contributed by atoms with Gasteiger partial charge in [0.05, 0.1) is 0 Å². The fourth-order valence-corrected chi connectivity index (χ4v) is 0.805. The maximum Gasteiger partial charge on any atom is 0.135 e. The Morgan fingerprint density at radius 2 is 1.75 bits per heavy atom. The van der Waals surface area contributed by atoms with Crippen molar-refractivity contribution >= 4 is 11.6 Å². The first kappa shape index (κ1) is 11.3. The third-order valence-electron chi connectivity index (χ3n) is 2.38. The Morgan fingerprint density at radius 1 is 1.25 bits per heavy atom. The summed E-state index contributed by atoms with van der Waals surface area (Å²) < 4.78 is 0. The molecule has 0 N–H and O–H groups in total. The van der Waals surface area contributed by atoms with Crippen LogP contribution in [0.2, 0.25) is 0 Å². The summed E-state index contributed by atoms with van der Waals surface area (Å²) in [5, 5.41) is 0. The van der Waals surface area contributed by atoms with Crippen LogP contribution in [-0.4, -0.2) is 11.6 Å². The lowest BCUT2D eigenvalue weighted by Gasteiger charge is -2.19. The molecule has 0 amide bonds. The normalized spacial score (nSPS) is 11.3. The number of ketones is 2. The highest BCUT2D eigenvalue weighted by molar-refractivity contribution is 5.83. The maximum atomic E-state index is 11.1. The van der Waals surface area contributed by atoms with Gasteiger partial charge in [0.15, 0.2) is 0 Å². The number of carbonyl (C=O) groups excluding carboxylic acids is 2. The zero-order valence-corrected chi connectivity index (χ0v) is 8.44. The first-order chi connectivity index (χ1) is 5.40. The number of Topliss-reactive ketones (excluding diaryl/α,β-unsaturated/α-hetero) is 2. The predicted octanol–water partition coefficient (Wildman–Crippen LogP) is 2.36. The lowest BCUT2D eigenvalue weighted by atomic mass is 9.83. The van der Waals surface area contributed by atoms with Crippen molar-refractivity contribution < 1.29 is 9.59 Å². The quantitative estimate of drug-likeness (QED) is 0.634. The van der Waals surface area contributed by atoms with E-state index >= 15 is 0 Å². The molecule has 0 radical (unpaired) electrons. The van der Waals surface area contributed by atoms with Crippen LogP contribution in [0.15, 0.2) is 0 Å². The molecule has 0 spiro atoms. The van der Waals surface area contributed by atoms with Crippen molar-refractivity contribution in [2.24, 2.45) is 5.41 Å². The second kappa shape index (κ2) is 4.39. The maximum absolute atomic E-state index is 11.1. The minimum Gasteiger partial charge on any atom is -0.300 e. The van der Waals surface area contributed by atoms with Crippen molar-refractivity contribution in [1.29, 1.82) is 0 Å². The molecule has 0 heterocycles. The van der Waals surface area contributed by atoms with E-state index < -0.39 is 0 Å². The van der Waals surface area contributed by atoms with Gasteiger partial charge in [-0.15, -0.1) is 0 Å². The zero-order valence-electron chi connectivity index (χ0n) is 8.44. The topological polar surface area (TPSA) is 34.1 Å². The third kappa shape index (κ3) is 3.65. The van der Waals surface area contributed by atoms with Crippen molar-refractivity contribution in [1.82, 2.24) is 0 Å². The van der Waals surface area contributed by atoms with Crippen LogP contribution >= 0.6 is 0 Å². The van der Waals surface area contributed by atoms with Crippen molar-refractivity contribution in [3.05, 3.63) is 0 Å². The molecule has 0 rings (SSSR count). The molecule has 0 aromatic heterocycles. The lowest BCUT2D eigenvalue weighted by Crippen LogP contribution is -2.22. The van der Waals surface area contributed by atoms with Gasteiger partial charge in [-0.3, -0.25) is 9.59 Å². The molecule has 2 nitrogen and oxygen atoms in total. The number of hydrogen-bond donors (Lipinski definition) is 0. The average Bonchev–Trinajstić information content (AvgIpc) is 2.00. The summed E-state index contributed by atoms with van der Waals surface area (Å²) in [6.07, 6.45) is 1.78. The number of hydrogen-bond acceptors (Lipinski definition) is 2. The SMILES string of the molecule is CCC(=O)CCC(C)(C)C(C)=O. The van der Waals surface area contributed by atoms with E-state index in [4.69, 9.17) is 0 Å². The van der Waals surface area contributed by atoms with E-state index in [1.54, 1.807) is 6.92 Å². The summed E-state index contributed by atoms with van der Waals surface area (Å²) in [4.78, 5) is 22.0. The van der Waals surface area contributed by atoms with Gasteiger partial charge in [0, 0.05) is 18.3 Å². The lowest BCUT2D eigenvalue weighted by molar-refractivity contribution is -0.126. The number of carbonyl (C=O) groups is 2. The van der Waals surface area contributed by atoms with Crippen LogP contribution in [0, 0.1) is 5.41 Å². The zero-order chi connectivity index (χ0) is 9.78. The second-order valence-corrected chi connectivity index (χ2v) is 3.83. The monoisotopic (exact) mass is 170 g/mol. The first-order valence-electron chi connectivity index (χ1n) is 4.43. The Kier molecular flexibility index (Phi) is 4.15. The van der Waals surface area contributed by atoms with E-state index in [9.17, 15) is 9.59 Å². The van der Waals surface area contributed by atoms with Gasteiger partial charge in [0.25, 0.3) is 0 Å². The minimum atomic E-state index is -0.329. The molecule has 0 atom stereocenters. The molecule has 0 aromatic carbocycles. The Labute approximate surface area is 74.3 Å². The molecule has 0 fully saturated rings. The van der Waals surface area contributed by atoms with E-state index in [1.165, 1.54) is 0 Å². The Bertz CT molecular complexity index is 180. The molecule has 0 aliphatic heterocycles. The van der Waals surface area contributed by atoms with Gasteiger partial charge in [0.1, 0.15) is 11.6 Å². The van der Waals surface area contributed by atoms with E-state index in [-0.39, 0.29) is 17.0 Å². The van der Waals surface area contributed by atoms with Crippen LogP contribution in [0.25, 0.3) is 0 Å². The summed E-state index contributed by atoms with van der Waals surface area (Å²) in [7, 11) is 0. The van der Waals surface area contributed by atoms with Crippen LogP contribution in [0.5, 0.6) is 0 Å². The molecule has 0 saturated carbocycles. The molecular formula is C10H18O2. The predicted molar refractivity (Wildman–Crippen MR) is 49.0 cm³/mol. The molecule has 0 saturated heterocycles. The van der Waals surface area contributed by atoms with Crippen LogP contribution in [0.4, 0.5) is 0 Å². The van der Waals surface area contributed by atoms with Crippen molar-refractivity contribution in [3.63, 3.8) is 0 Å². The fourth-order valence-electron chi connectivity index (χ4n) is 0.805. The van der Waals surface area contributed by atoms with Gasteiger partial charge in [-0.25, -0.2) is 0 Å². The number of rotatable bonds is 5. The fraction of sp³-hybridized carbons (Fsp3) is 0.800. The average molecular weight is 170 g/mol. The molecule has 0 bridgehead atoms. The van der Waals surface area contributed by atoms with Gasteiger partial charge in [-0.05, 0) is 13.3 Å². The molecule has 12 heavy (non-hydrogen) atoms. The summed E-state index contributed by atoms with van der Waals surface area (Å²) >= 11 is 0. The van der Waals surface area contributed by atoms with Crippen LogP contribution in [-0.2, 0) is 9.59 Å². The standard InChI is InChI=1S/C10H18O2/c1-5-9(12)6-7-10(3,4)8(2)11/h5-7H2,1-4H3. The van der Waals surface area contributed by atoms with Crippen LogP contribution in [0.3, 0.4) is 0 Å². The molecular weight excluding hydrogens is 152 g/mol. The van der Waals surface area contributed by atoms with Crippen LogP contribution in [0.1, 0.15) is 47.0 Å². The van der Waals surface area contributed by atoms with E-state index in [2.05, 4.69) is 0 Å². The highest BCUT2D eigenvalue weighted by atomic mass is 16.1. The van der Waals surface area contributed by atoms with Crippen LogP contribution < -0.4 is 0 Å². The largest absolute Gasteiger partial charge is 0.300 e. The summed E-state index contributed by atoms with van der Waals surface area (Å²) in [6.45, 7) is 7.20. The van der Waals surface area contributed by atoms with Crippen molar-refractivity contribution in [2.75, 3.05) is 0 Å². The van der Waals surface area contributed by atoms with E-state index in [0.29, 0.717) is 19.3 Å². The molecule has 0 aliphatic carbocycles. The van der Waals surface area contributed by atoms with Gasteiger partial charge in [-0.2, -0.15) is 0 Å². The van der Waals surface area contributed by atoms with Gasteiger partial charge >= 0.3 is 0 Å². The highest BCUT2D eigenvalue weighted by Gasteiger charge is 2.23. The Balaban J connectivity index is 3.92. The molecule has 2 heteroatoms. The summed E-state index contributed by atoms with van der Waals surface area (Å²) in [5.74, 6) is 0.399. The Hall–Kier alpha value is -0.660. The molecule has 0 unspecified atom stereocenters. The first-order valence-corrected chi connectivity index (χ1v) is 4.43. The molecule has 70 valence electrons. The van der Waals surface area contributed by atoms with Gasteiger partial charge in [0.2, 0.25) is 0 Å². The Morgan fingerprint density at radius 3 is 2.08 bits per heavy atom. The summed E-state index contributed by atoms with van der Waals surface area (Å²) in [6, 6.07) is 0. The van der Waals surface area contributed by atoms with Crippen molar-refractivity contribution in [3.8, 4) is 0 Å². The van der Waals surface area contributed by atoms with Gasteiger partial charge < -0.3 is 0 Å². The second-order valence-electron chi connectivity index (χ2n) is 3.83. The smallest absolute Gasteiger partial charge is 0.135 e. The van der Waals surface area contributed by atoms with Gasteiger partial charge in [-0.1, -0.05) is 20.8 Å². The highest BCUT2D eigenvalue weighted by Crippen LogP contribution is 2.23. The third-order valence-corrected chi connectivity index (χ3v) is 2.38.